The molecule has 0 spiro atoms. The molecule has 0 saturated carbocycles. The number of hydrazine groups is 1. The highest BCUT2D eigenvalue weighted by molar-refractivity contribution is 8.02. The van der Waals surface area contributed by atoms with Crippen molar-refractivity contribution in [3.05, 3.63) is 35.9 Å². The van der Waals surface area contributed by atoms with Gasteiger partial charge in [0.05, 0.1) is 5.25 Å². The van der Waals surface area contributed by atoms with Gasteiger partial charge >= 0.3 is 0 Å². The van der Waals surface area contributed by atoms with E-state index in [1.807, 2.05) is 6.07 Å². The van der Waals surface area contributed by atoms with Crippen LogP contribution in [0.15, 0.2) is 34.7 Å². The number of nitrogens with one attached hydrogen (secondary N) is 3. The molecule has 0 radical (unpaired) electrons. The van der Waals surface area contributed by atoms with Crippen LogP contribution in [-0.2, 0) is 4.79 Å². The van der Waals surface area contributed by atoms with Gasteiger partial charge in [-0.1, -0.05) is 48.2 Å². The van der Waals surface area contributed by atoms with Crippen molar-refractivity contribution >= 4 is 40.0 Å². The number of nitrogens with zero attached hydrogens (tertiary/aromatic N) is 2. The van der Waals surface area contributed by atoms with Crippen LogP contribution < -0.4 is 16.2 Å². The summed E-state index contributed by atoms with van der Waals surface area (Å²) in [7, 11) is 0. The Bertz CT molecular complexity index is 678. The highest BCUT2D eigenvalue weighted by Crippen LogP contribution is 2.28. The minimum Gasteiger partial charge on any atom is -0.360 e. The number of aromatic nitrogens is 2. The van der Waals surface area contributed by atoms with Crippen LogP contribution in [0.2, 0.25) is 0 Å². The van der Waals surface area contributed by atoms with Gasteiger partial charge in [-0.25, -0.2) is 0 Å². The molecule has 1 atom stereocenters. The molecule has 9 heteroatoms. The van der Waals surface area contributed by atoms with E-state index in [-0.39, 0.29) is 11.8 Å². The number of rotatable bonds is 7. The maximum Gasteiger partial charge on any atom is 0.269 e. The highest BCUT2D eigenvalue weighted by Gasteiger charge is 2.18. The number of hydrogen-bond acceptors (Lipinski definition) is 7. The van der Waals surface area contributed by atoms with Crippen LogP contribution >= 0.6 is 23.1 Å². The summed E-state index contributed by atoms with van der Waals surface area (Å²) in [4.78, 5) is 23.9. The van der Waals surface area contributed by atoms with E-state index < -0.39 is 5.25 Å². The summed E-state index contributed by atoms with van der Waals surface area (Å²) < 4.78 is 0.700. The summed E-state index contributed by atoms with van der Waals surface area (Å²) in [5.41, 5.74) is 5.31. The monoisotopic (exact) mass is 365 g/mol. The molecular formula is C15H19N5O2S2. The molecular weight excluding hydrogens is 346 g/mol. The van der Waals surface area contributed by atoms with E-state index in [2.05, 4.69) is 33.3 Å². The summed E-state index contributed by atoms with van der Waals surface area (Å²) in [6.07, 6.45) is 1.00. The molecule has 1 aromatic carbocycles. The third kappa shape index (κ3) is 5.50. The van der Waals surface area contributed by atoms with Crippen LogP contribution in [0.5, 0.6) is 0 Å². The Morgan fingerprint density at radius 3 is 2.67 bits per heavy atom. The van der Waals surface area contributed by atoms with E-state index in [1.165, 1.54) is 23.1 Å². The third-order valence-corrected chi connectivity index (χ3v) is 4.98. The van der Waals surface area contributed by atoms with Crippen molar-refractivity contribution < 1.29 is 9.59 Å². The van der Waals surface area contributed by atoms with Crippen molar-refractivity contribution in [2.45, 2.75) is 29.9 Å². The maximum absolute atomic E-state index is 12.1. The largest absolute Gasteiger partial charge is 0.360 e. The summed E-state index contributed by atoms with van der Waals surface area (Å²) in [6.45, 7) is 4.65. The first-order valence-corrected chi connectivity index (χ1v) is 9.19. The first-order chi connectivity index (χ1) is 11.6. The second-order valence-corrected chi connectivity index (χ2v) is 7.43. The molecule has 1 aromatic heterocycles. The van der Waals surface area contributed by atoms with E-state index >= 15 is 0 Å². The zero-order valence-corrected chi connectivity index (χ0v) is 15.0. The summed E-state index contributed by atoms with van der Waals surface area (Å²) in [6, 6.07) is 8.68. The highest BCUT2D eigenvalue weighted by atomic mass is 32.2. The minimum absolute atomic E-state index is 0.303. The molecule has 128 valence electrons. The molecule has 0 saturated heterocycles. The number of anilines is 1. The molecule has 0 fully saturated rings. The van der Waals surface area contributed by atoms with Crippen LogP contribution in [0, 0.1) is 0 Å². The Balaban J connectivity index is 1.79. The fourth-order valence-corrected chi connectivity index (χ4v) is 3.57. The van der Waals surface area contributed by atoms with E-state index in [1.54, 1.807) is 31.2 Å². The van der Waals surface area contributed by atoms with Crippen molar-refractivity contribution in [2.24, 2.45) is 0 Å². The van der Waals surface area contributed by atoms with Crippen LogP contribution in [0.4, 0.5) is 5.13 Å². The Morgan fingerprint density at radius 2 is 1.96 bits per heavy atom. The number of amides is 2. The smallest absolute Gasteiger partial charge is 0.269 e. The molecule has 3 N–H and O–H groups in total. The third-order valence-electron chi connectivity index (χ3n) is 2.91. The lowest BCUT2D eigenvalue weighted by Gasteiger charge is -2.11. The first-order valence-electron chi connectivity index (χ1n) is 7.49. The fraction of sp³-hybridized carbons (Fsp3) is 0.333. The molecule has 0 bridgehead atoms. The van der Waals surface area contributed by atoms with Gasteiger partial charge in [-0.3, -0.25) is 20.4 Å². The average Bonchev–Trinajstić information content (AvgIpc) is 3.05. The minimum atomic E-state index is -0.409. The zero-order valence-electron chi connectivity index (χ0n) is 13.4. The van der Waals surface area contributed by atoms with Gasteiger partial charge in [-0.2, -0.15) is 0 Å². The second kappa shape index (κ2) is 9.24. The molecule has 0 aliphatic rings. The molecule has 0 unspecified atom stereocenters. The lowest BCUT2D eigenvalue weighted by atomic mass is 10.2. The molecule has 0 aliphatic heterocycles. The van der Waals surface area contributed by atoms with Gasteiger partial charge in [-0.05, 0) is 25.5 Å². The normalized spacial score (nSPS) is 11.6. The van der Waals surface area contributed by atoms with Gasteiger partial charge in [0.2, 0.25) is 5.13 Å². The molecule has 7 nitrogen and oxygen atoms in total. The van der Waals surface area contributed by atoms with E-state index in [9.17, 15) is 9.59 Å². The Kier molecular flexibility index (Phi) is 7.01. The van der Waals surface area contributed by atoms with Crippen molar-refractivity contribution in [1.82, 2.24) is 21.0 Å². The lowest BCUT2D eigenvalue weighted by Crippen LogP contribution is -2.44. The zero-order chi connectivity index (χ0) is 17.4. The molecule has 0 aliphatic carbocycles. The van der Waals surface area contributed by atoms with Crippen molar-refractivity contribution in [1.29, 1.82) is 0 Å². The Morgan fingerprint density at radius 1 is 1.21 bits per heavy atom. The van der Waals surface area contributed by atoms with Gasteiger partial charge in [0.15, 0.2) is 4.34 Å². The quantitative estimate of drug-likeness (QED) is 0.515. The lowest BCUT2D eigenvalue weighted by molar-refractivity contribution is -0.121. The molecule has 2 rings (SSSR count). The van der Waals surface area contributed by atoms with Crippen molar-refractivity contribution in [2.75, 3.05) is 11.9 Å². The Hall–Kier alpha value is -2.13. The van der Waals surface area contributed by atoms with Crippen molar-refractivity contribution in [3.8, 4) is 0 Å². The number of benzene rings is 1. The molecule has 1 heterocycles. The average molecular weight is 365 g/mol. The van der Waals surface area contributed by atoms with Crippen LogP contribution in [0.25, 0.3) is 0 Å². The van der Waals surface area contributed by atoms with Gasteiger partial charge in [0, 0.05) is 12.1 Å². The molecule has 2 aromatic rings. The van der Waals surface area contributed by atoms with Crippen molar-refractivity contribution in [3.63, 3.8) is 0 Å². The number of thioether (sulfide) groups is 1. The van der Waals surface area contributed by atoms with E-state index in [0.29, 0.717) is 9.90 Å². The number of carbonyl (C=O) groups is 2. The van der Waals surface area contributed by atoms with Gasteiger partial charge in [0.25, 0.3) is 11.8 Å². The van der Waals surface area contributed by atoms with Crippen LogP contribution in [-0.4, -0.2) is 33.8 Å². The summed E-state index contributed by atoms with van der Waals surface area (Å²) in [5, 5.41) is 11.5. The maximum atomic E-state index is 12.1. The van der Waals surface area contributed by atoms with Crippen LogP contribution in [0.1, 0.15) is 30.6 Å². The van der Waals surface area contributed by atoms with Gasteiger partial charge in [0.1, 0.15) is 0 Å². The fourth-order valence-electron chi connectivity index (χ4n) is 1.65. The SMILES string of the molecule is CCCNc1nnc(S[C@H](C)C(=O)NNC(=O)c2ccccc2)s1. The summed E-state index contributed by atoms with van der Waals surface area (Å²) >= 11 is 2.70. The second-order valence-electron chi connectivity index (χ2n) is 4.87. The van der Waals surface area contributed by atoms with Gasteiger partial charge in [-0.15, -0.1) is 10.2 Å². The summed E-state index contributed by atoms with van der Waals surface area (Å²) in [5.74, 6) is -0.661. The Labute approximate surface area is 148 Å². The predicted octanol–water partition coefficient (Wildman–Crippen LogP) is 2.30. The predicted molar refractivity (Wildman–Crippen MR) is 96.1 cm³/mol. The topological polar surface area (TPSA) is 96.0 Å². The first kappa shape index (κ1) is 18.2. The number of carbonyl (C=O) groups excluding carboxylic acids is 2. The van der Waals surface area contributed by atoms with E-state index in [4.69, 9.17) is 0 Å². The standard InChI is InChI=1S/C15H19N5O2S2/c1-3-9-16-14-19-20-15(24-14)23-10(2)12(21)17-18-13(22)11-7-5-4-6-8-11/h4-8,10H,3,9H2,1-2H3,(H,16,19)(H,17,21)(H,18,22)/t10-/m1/s1. The molecule has 24 heavy (non-hydrogen) atoms. The molecule has 2 amide bonds. The van der Waals surface area contributed by atoms with Gasteiger partial charge < -0.3 is 5.32 Å². The van der Waals surface area contributed by atoms with E-state index in [0.717, 1.165) is 18.1 Å². The van der Waals surface area contributed by atoms with Crippen LogP contribution in [0.3, 0.4) is 0 Å². The number of hydrogen-bond donors (Lipinski definition) is 3.